The molecule has 0 atom stereocenters. The second-order valence-corrected chi connectivity index (χ2v) is 18.7. The Morgan fingerprint density at radius 2 is 0.797 bits per heavy atom. The van der Waals surface area contributed by atoms with Crippen molar-refractivity contribution in [1.82, 2.24) is 9.13 Å². The van der Waals surface area contributed by atoms with Gasteiger partial charge < -0.3 is 9.13 Å². The van der Waals surface area contributed by atoms with Crippen LogP contribution in [0.2, 0.25) is 0 Å². The summed E-state index contributed by atoms with van der Waals surface area (Å²) in [5.41, 5.74) is 20.9. The first-order chi connectivity index (χ1) is 28.8. The van der Waals surface area contributed by atoms with E-state index in [9.17, 15) is 0 Å². The van der Waals surface area contributed by atoms with Crippen LogP contribution in [0.15, 0.2) is 170 Å². The van der Waals surface area contributed by atoms with Crippen LogP contribution in [0.5, 0.6) is 0 Å². The molecular formula is C57H44N2. The fourth-order valence-corrected chi connectivity index (χ4v) is 11.9. The van der Waals surface area contributed by atoms with Crippen molar-refractivity contribution in [3.8, 4) is 33.6 Å². The highest BCUT2D eigenvalue weighted by Crippen LogP contribution is 2.63. The van der Waals surface area contributed by atoms with Gasteiger partial charge in [-0.1, -0.05) is 143 Å². The molecule has 0 N–H and O–H groups in total. The lowest BCUT2D eigenvalue weighted by atomic mass is 9.63. The highest BCUT2D eigenvalue weighted by Gasteiger charge is 2.51. The van der Waals surface area contributed by atoms with Crippen molar-refractivity contribution in [2.24, 2.45) is 0 Å². The number of aromatic nitrogens is 2. The monoisotopic (exact) mass is 756 g/mol. The summed E-state index contributed by atoms with van der Waals surface area (Å²) < 4.78 is 5.07. The standard InChI is InChI=1S/C57H44N2/c1-55(2)28-29-56(3,4)50-33-52-44(32-49(50)55)43-31-42-41-21-11-15-25-51(41)58(35-16-6-5-7-17-35)53(42)34-54(43)59(52)36-26-27-40-39-20-10-14-24-47(39)57(48(40)30-36)45-22-12-8-18-37(45)38-19-9-13-23-46(38)57/h5-27,30-34H,28-29H2,1-4H3. The van der Waals surface area contributed by atoms with Gasteiger partial charge in [-0.2, -0.15) is 0 Å². The van der Waals surface area contributed by atoms with Gasteiger partial charge in [-0.25, -0.2) is 0 Å². The van der Waals surface area contributed by atoms with Crippen LogP contribution in [0.1, 0.15) is 73.9 Å². The lowest BCUT2D eigenvalue weighted by molar-refractivity contribution is 0.332. The minimum Gasteiger partial charge on any atom is -0.309 e. The smallest absolute Gasteiger partial charge is 0.0726 e. The quantitative estimate of drug-likeness (QED) is 0.166. The highest BCUT2D eigenvalue weighted by atomic mass is 15.0. The normalized spacial score (nSPS) is 16.4. The van der Waals surface area contributed by atoms with Crippen LogP contribution in [-0.4, -0.2) is 9.13 Å². The number of hydrogen-bond donors (Lipinski definition) is 0. The van der Waals surface area contributed by atoms with Crippen LogP contribution < -0.4 is 0 Å². The molecule has 0 saturated carbocycles. The van der Waals surface area contributed by atoms with Gasteiger partial charge in [0.05, 0.1) is 27.5 Å². The predicted molar refractivity (Wildman–Crippen MR) is 247 cm³/mol. The van der Waals surface area contributed by atoms with Gasteiger partial charge in [-0.05, 0) is 134 Å². The van der Waals surface area contributed by atoms with Gasteiger partial charge in [0.2, 0.25) is 0 Å². The molecule has 0 aliphatic heterocycles. The summed E-state index contributed by atoms with van der Waals surface area (Å²) in [4.78, 5) is 0. The molecule has 0 fully saturated rings. The summed E-state index contributed by atoms with van der Waals surface area (Å²) in [5, 5.41) is 5.21. The topological polar surface area (TPSA) is 9.86 Å². The molecule has 1 spiro atoms. The molecule has 2 heterocycles. The third-order valence-corrected chi connectivity index (χ3v) is 14.8. The number of fused-ring (bicyclic) bond motifs is 17. The maximum atomic E-state index is 2.61. The van der Waals surface area contributed by atoms with E-state index in [0.717, 1.165) is 0 Å². The summed E-state index contributed by atoms with van der Waals surface area (Å²) in [5.74, 6) is 0. The van der Waals surface area contributed by atoms with Crippen LogP contribution in [0.3, 0.4) is 0 Å². The van der Waals surface area contributed by atoms with Crippen molar-refractivity contribution in [2.75, 3.05) is 0 Å². The Balaban J connectivity index is 1.18. The summed E-state index contributed by atoms with van der Waals surface area (Å²) >= 11 is 0. The minimum absolute atomic E-state index is 0.0754. The lowest BCUT2D eigenvalue weighted by Gasteiger charge is -2.42. The average Bonchev–Trinajstić information content (AvgIpc) is 3.96. The third-order valence-electron chi connectivity index (χ3n) is 14.8. The number of nitrogens with zero attached hydrogens (tertiary/aromatic N) is 2. The molecule has 59 heavy (non-hydrogen) atoms. The van der Waals surface area contributed by atoms with Crippen LogP contribution in [-0.2, 0) is 16.2 Å². The molecule has 0 unspecified atom stereocenters. The summed E-state index contributed by atoms with van der Waals surface area (Å²) in [6.07, 6.45) is 2.36. The van der Waals surface area contributed by atoms with E-state index in [2.05, 4.69) is 207 Å². The Morgan fingerprint density at radius 1 is 0.322 bits per heavy atom. The first-order valence-electron chi connectivity index (χ1n) is 21.3. The fraction of sp³-hybridized carbons (Fsp3) is 0.158. The second kappa shape index (κ2) is 11.3. The Bertz CT molecular complexity index is 3380. The average molecular weight is 757 g/mol. The zero-order valence-electron chi connectivity index (χ0n) is 34.0. The molecule has 2 aromatic heterocycles. The van der Waals surface area contributed by atoms with Crippen molar-refractivity contribution in [2.45, 2.75) is 56.8 Å². The van der Waals surface area contributed by atoms with E-state index in [-0.39, 0.29) is 10.8 Å². The molecule has 2 nitrogen and oxygen atoms in total. The van der Waals surface area contributed by atoms with Crippen LogP contribution >= 0.6 is 0 Å². The molecular weight excluding hydrogens is 713 g/mol. The number of para-hydroxylation sites is 2. The van der Waals surface area contributed by atoms with Crippen molar-refractivity contribution in [1.29, 1.82) is 0 Å². The minimum atomic E-state index is -0.411. The van der Waals surface area contributed by atoms with E-state index < -0.39 is 5.41 Å². The molecule has 3 aliphatic carbocycles. The molecule has 10 aromatic rings. The predicted octanol–water partition coefficient (Wildman–Crippen LogP) is 14.6. The molecule has 0 bridgehead atoms. The van der Waals surface area contributed by atoms with E-state index in [1.807, 2.05) is 0 Å². The zero-order chi connectivity index (χ0) is 39.4. The van der Waals surface area contributed by atoms with Crippen LogP contribution in [0, 0.1) is 0 Å². The Hall–Kier alpha value is -6.64. The van der Waals surface area contributed by atoms with Gasteiger partial charge in [0.15, 0.2) is 0 Å². The van der Waals surface area contributed by atoms with Crippen molar-refractivity contribution < 1.29 is 0 Å². The van der Waals surface area contributed by atoms with Crippen molar-refractivity contribution in [3.05, 3.63) is 203 Å². The van der Waals surface area contributed by atoms with Gasteiger partial charge in [-0.15, -0.1) is 0 Å². The second-order valence-electron chi connectivity index (χ2n) is 18.7. The van der Waals surface area contributed by atoms with E-state index in [4.69, 9.17) is 0 Å². The molecule has 0 radical (unpaired) electrons. The molecule has 3 aliphatic rings. The van der Waals surface area contributed by atoms with Crippen LogP contribution in [0.25, 0.3) is 77.2 Å². The van der Waals surface area contributed by atoms with Crippen molar-refractivity contribution >= 4 is 43.6 Å². The van der Waals surface area contributed by atoms with Gasteiger partial charge in [0.25, 0.3) is 0 Å². The van der Waals surface area contributed by atoms with Gasteiger partial charge >= 0.3 is 0 Å². The molecule has 13 rings (SSSR count). The Morgan fingerprint density at radius 3 is 1.44 bits per heavy atom. The zero-order valence-corrected chi connectivity index (χ0v) is 34.0. The largest absolute Gasteiger partial charge is 0.309 e. The Labute approximate surface area is 345 Å². The number of rotatable bonds is 2. The van der Waals surface area contributed by atoms with Gasteiger partial charge in [0, 0.05) is 32.9 Å². The maximum Gasteiger partial charge on any atom is 0.0726 e. The van der Waals surface area contributed by atoms with E-state index >= 15 is 0 Å². The summed E-state index contributed by atoms with van der Waals surface area (Å²) in [7, 11) is 0. The number of hydrogen-bond acceptors (Lipinski definition) is 0. The first-order valence-corrected chi connectivity index (χ1v) is 21.3. The van der Waals surface area contributed by atoms with E-state index in [1.54, 1.807) is 0 Å². The summed E-state index contributed by atoms with van der Waals surface area (Å²) in [6, 6.07) is 64.7. The molecule has 2 heteroatoms. The Kier molecular flexibility index (Phi) is 6.39. The number of benzene rings is 8. The molecule has 8 aromatic carbocycles. The summed E-state index contributed by atoms with van der Waals surface area (Å²) in [6.45, 7) is 9.81. The molecule has 282 valence electrons. The van der Waals surface area contributed by atoms with E-state index in [1.165, 1.54) is 123 Å². The maximum absolute atomic E-state index is 2.61. The SMILES string of the molecule is CC1(C)CCC(C)(C)c2cc3c(cc21)c1cc2c4ccccc4n(-c4ccccc4)c2cc1n3-c1ccc2c(c1)C1(c3ccccc3-c3ccccc31)c1ccccc1-2. The first kappa shape index (κ1) is 33.3. The van der Waals surface area contributed by atoms with E-state index in [0.29, 0.717) is 0 Å². The van der Waals surface area contributed by atoms with Crippen LogP contribution in [0.4, 0.5) is 0 Å². The van der Waals surface area contributed by atoms with Gasteiger partial charge in [0.1, 0.15) is 0 Å². The molecule has 0 amide bonds. The fourth-order valence-electron chi connectivity index (χ4n) is 11.9. The highest BCUT2D eigenvalue weighted by molar-refractivity contribution is 6.19. The third kappa shape index (κ3) is 4.16. The molecule has 0 saturated heterocycles. The van der Waals surface area contributed by atoms with Crippen molar-refractivity contribution in [3.63, 3.8) is 0 Å². The van der Waals surface area contributed by atoms with Gasteiger partial charge in [-0.3, -0.25) is 0 Å². The lowest BCUT2D eigenvalue weighted by Crippen LogP contribution is -2.33.